The second kappa shape index (κ2) is 3.41. The summed E-state index contributed by atoms with van der Waals surface area (Å²) in [7, 11) is 0. The van der Waals surface area contributed by atoms with E-state index in [1.54, 1.807) is 0 Å². The summed E-state index contributed by atoms with van der Waals surface area (Å²) in [5.41, 5.74) is 4.19. The van der Waals surface area contributed by atoms with Gasteiger partial charge in [0.2, 0.25) is 0 Å². The minimum Gasteiger partial charge on any atom is -0.330 e. The third-order valence-corrected chi connectivity index (χ3v) is 4.22. The average Bonchev–Trinajstić information content (AvgIpc) is 2.54. The highest BCUT2D eigenvalue weighted by Gasteiger charge is 2.25. The molecule has 0 spiro atoms. The Morgan fingerprint density at radius 1 is 1.53 bits per heavy atom. The van der Waals surface area contributed by atoms with Crippen LogP contribution in [-0.4, -0.2) is 15.3 Å². The monoisotopic (exact) mass is 220 g/mol. The van der Waals surface area contributed by atoms with Crippen LogP contribution in [0.25, 0.3) is 6.08 Å². The molecular weight excluding hydrogens is 204 g/mol. The van der Waals surface area contributed by atoms with Crippen molar-refractivity contribution in [1.82, 2.24) is 9.55 Å². The summed E-state index contributed by atoms with van der Waals surface area (Å²) >= 11 is 2.00. The van der Waals surface area contributed by atoms with Crippen LogP contribution in [0.5, 0.6) is 0 Å². The van der Waals surface area contributed by atoms with E-state index in [4.69, 9.17) is 4.98 Å². The molecule has 0 N–H and O–H groups in total. The Morgan fingerprint density at radius 2 is 2.40 bits per heavy atom. The fourth-order valence-corrected chi connectivity index (χ4v) is 3.57. The van der Waals surface area contributed by atoms with E-state index >= 15 is 0 Å². The van der Waals surface area contributed by atoms with Gasteiger partial charge in [-0.2, -0.15) is 11.8 Å². The lowest BCUT2D eigenvalue weighted by Gasteiger charge is -2.22. The lowest BCUT2D eigenvalue weighted by molar-refractivity contribution is 0.615. The van der Waals surface area contributed by atoms with Crippen molar-refractivity contribution >= 4 is 17.8 Å². The largest absolute Gasteiger partial charge is 0.330 e. The highest BCUT2D eigenvalue weighted by molar-refractivity contribution is 7.98. The summed E-state index contributed by atoms with van der Waals surface area (Å²) in [4.78, 5) is 4.76. The topological polar surface area (TPSA) is 17.8 Å². The van der Waals surface area contributed by atoms with Crippen LogP contribution >= 0.6 is 11.8 Å². The van der Waals surface area contributed by atoms with Crippen LogP contribution in [0.1, 0.15) is 43.4 Å². The van der Waals surface area contributed by atoms with E-state index in [2.05, 4.69) is 24.5 Å². The van der Waals surface area contributed by atoms with Crippen LogP contribution in [0.15, 0.2) is 5.57 Å². The highest BCUT2D eigenvalue weighted by atomic mass is 32.2. The number of nitrogens with zero attached hydrogens (tertiary/aromatic N) is 2. The van der Waals surface area contributed by atoms with E-state index in [-0.39, 0.29) is 0 Å². The molecule has 1 aromatic rings. The minimum absolute atomic E-state index is 0.648. The van der Waals surface area contributed by atoms with Crippen molar-refractivity contribution < 1.29 is 0 Å². The Labute approximate surface area is 94.8 Å². The van der Waals surface area contributed by atoms with E-state index in [9.17, 15) is 0 Å². The second-order valence-electron chi connectivity index (χ2n) is 4.60. The van der Waals surface area contributed by atoms with Crippen LogP contribution in [-0.2, 0) is 12.3 Å². The van der Waals surface area contributed by atoms with Gasteiger partial charge in [-0.3, -0.25) is 0 Å². The van der Waals surface area contributed by atoms with Crippen LogP contribution in [0.2, 0.25) is 0 Å². The van der Waals surface area contributed by atoms with Crippen LogP contribution < -0.4 is 0 Å². The maximum atomic E-state index is 4.76. The zero-order valence-electron chi connectivity index (χ0n) is 9.29. The summed E-state index contributed by atoms with van der Waals surface area (Å²) < 4.78 is 2.46. The van der Waals surface area contributed by atoms with Gasteiger partial charge in [-0.05, 0) is 19.4 Å². The first-order valence-corrected chi connectivity index (χ1v) is 6.75. The zero-order chi connectivity index (χ0) is 10.4. The number of aromatic nitrogens is 2. The number of allylic oxidation sites excluding steroid dienone is 1. The number of fused-ring (bicyclic) bond motifs is 3. The molecule has 0 saturated carbocycles. The van der Waals surface area contributed by atoms with Crippen molar-refractivity contribution in [3.63, 3.8) is 0 Å². The first kappa shape index (κ1) is 9.52. The number of imidazole rings is 1. The second-order valence-corrected chi connectivity index (χ2v) is 5.70. The van der Waals surface area contributed by atoms with E-state index in [0.29, 0.717) is 5.92 Å². The quantitative estimate of drug-likeness (QED) is 0.669. The van der Waals surface area contributed by atoms with E-state index in [1.807, 2.05) is 11.8 Å². The predicted molar refractivity (Wildman–Crippen MR) is 65.1 cm³/mol. The number of hydrogen-bond donors (Lipinski definition) is 0. The van der Waals surface area contributed by atoms with Gasteiger partial charge in [0.25, 0.3) is 0 Å². The Hall–Kier alpha value is -0.700. The number of rotatable bonds is 0. The molecule has 2 aliphatic rings. The normalized spacial score (nSPS) is 24.4. The van der Waals surface area contributed by atoms with Crippen molar-refractivity contribution in [1.29, 1.82) is 0 Å². The Bertz CT molecular complexity index is 431. The van der Waals surface area contributed by atoms with Crippen molar-refractivity contribution in [3.8, 4) is 0 Å². The predicted octanol–water partition coefficient (Wildman–Crippen LogP) is 3.04. The Morgan fingerprint density at radius 3 is 3.27 bits per heavy atom. The van der Waals surface area contributed by atoms with Gasteiger partial charge >= 0.3 is 0 Å². The summed E-state index contributed by atoms with van der Waals surface area (Å²) in [5.74, 6) is 4.26. The zero-order valence-corrected chi connectivity index (χ0v) is 10.1. The van der Waals surface area contributed by atoms with Crippen LogP contribution in [0, 0.1) is 0 Å². The number of thioether (sulfide) groups is 1. The van der Waals surface area contributed by atoms with Crippen molar-refractivity contribution in [2.75, 3.05) is 5.75 Å². The van der Waals surface area contributed by atoms with Gasteiger partial charge in [0.1, 0.15) is 5.82 Å². The van der Waals surface area contributed by atoms with E-state index in [1.165, 1.54) is 35.0 Å². The Balaban J connectivity index is 2.17. The Kier molecular flexibility index (Phi) is 2.16. The van der Waals surface area contributed by atoms with Crippen LogP contribution in [0.3, 0.4) is 0 Å². The first-order chi connectivity index (χ1) is 7.25. The maximum Gasteiger partial charge on any atom is 0.119 e. The molecular formula is C12H16N2S. The van der Waals surface area contributed by atoms with Crippen molar-refractivity contribution in [2.24, 2.45) is 0 Å². The molecule has 1 unspecified atom stereocenters. The molecule has 0 saturated heterocycles. The molecule has 0 bridgehead atoms. The minimum atomic E-state index is 0.648. The van der Waals surface area contributed by atoms with Gasteiger partial charge in [0, 0.05) is 23.9 Å². The van der Waals surface area contributed by atoms with Gasteiger partial charge in [-0.1, -0.05) is 12.5 Å². The first-order valence-electron chi connectivity index (χ1n) is 5.60. The smallest absolute Gasteiger partial charge is 0.119 e. The van der Waals surface area contributed by atoms with E-state index < -0.39 is 0 Å². The molecule has 0 fully saturated rings. The van der Waals surface area contributed by atoms with E-state index in [0.717, 1.165) is 12.3 Å². The molecule has 1 aromatic heterocycles. The fraction of sp³-hybridized carbons (Fsp3) is 0.583. The molecule has 1 aliphatic heterocycles. The van der Waals surface area contributed by atoms with Gasteiger partial charge in [0.15, 0.2) is 0 Å². The average molecular weight is 220 g/mol. The molecule has 0 radical (unpaired) electrons. The van der Waals surface area contributed by atoms with Gasteiger partial charge in [-0.15, -0.1) is 0 Å². The molecule has 1 atom stereocenters. The summed E-state index contributed by atoms with van der Waals surface area (Å²) in [6.45, 7) is 5.69. The molecule has 3 heteroatoms. The standard InChI is InChI=1S/C12H16N2S/c1-8-5-9(2)12-10(6-8)13-11-7-15-4-3-14(11)12/h6,9H,3-5,7H2,1-2H3. The molecule has 2 heterocycles. The summed E-state index contributed by atoms with van der Waals surface area (Å²) in [6.07, 6.45) is 3.47. The SMILES string of the molecule is CC1=Cc2nc3n(c2C(C)C1)CCSC3. The summed E-state index contributed by atoms with van der Waals surface area (Å²) in [6, 6.07) is 0. The molecule has 3 rings (SSSR count). The van der Waals surface area contributed by atoms with Crippen LogP contribution in [0.4, 0.5) is 0 Å². The highest BCUT2D eigenvalue weighted by Crippen LogP contribution is 2.35. The molecule has 80 valence electrons. The molecule has 1 aliphatic carbocycles. The third-order valence-electron chi connectivity index (χ3n) is 3.28. The lowest BCUT2D eigenvalue weighted by atomic mass is 9.91. The maximum absolute atomic E-state index is 4.76. The van der Waals surface area contributed by atoms with Crippen molar-refractivity contribution in [2.45, 2.75) is 38.5 Å². The number of hydrogen-bond acceptors (Lipinski definition) is 2. The fourth-order valence-electron chi connectivity index (χ4n) is 2.71. The molecule has 0 aromatic carbocycles. The summed E-state index contributed by atoms with van der Waals surface area (Å²) in [5, 5.41) is 0. The van der Waals surface area contributed by atoms with Gasteiger partial charge in [0.05, 0.1) is 11.4 Å². The molecule has 2 nitrogen and oxygen atoms in total. The van der Waals surface area contributed by atoms with Gasteiger partial charge < -0.3 is 4.57 Å². The molecule has 0 amide bonds. The van der Waals surface area contributed by atoms with Gasteiger partial charge in [-0.25, -0.2) is 4.98 Å². The van der Waals surface area contributed by atoms with Crippen molar-refractivity contribution in [3.05, 3.63) is 22.8 Å². The lowest BCUT2D eigenvalue weighted by Crippen LogP contribution is -2.16. The third kappa shape index (κ3) is 1.44. The molecule has 15 heavy (non-hydrogen) atoms.